The molecule has 0 aliphatic carbocycles. The third kappa shape index (κ3) is 30.4. The van der Waals surface area contributed by atoms with E-state index in [0.717, 1.165) is 82.3 Å². The van der Waals surface area contributed by atoms with Crippen molar-refractivity contribution in [2.24, 2.45) is 0 Å². The van der Waals surface area contributed by atoms with E-state index in [9.17, 15) is 141 Å². The van der Waals surface area contributed by atoms with Crippen molar-refractivity contribution in [3.8, 4) is 0 Å². The first-order valence-corrected chi connectivity index (χ1v) is 47.0. The molecule has 0 spiro atoms. The number of hydrogen-bond acceptors (Lipinski definition) is 42. The summed E-state index contributed by atoms with van der Waals surface area (Å²) in [5.74, 6) is -8.74. The molecular weight excluding hydrogens is 1740 g/mol. The zero-order chi connectivity index (χ0) is 86.9. The topological polar surface area (TPSA) is 674 Å². The summed E-state index contributed by atoms with van der Waals surface area (Å²) >= 11 is 7.45. The lowest BCUT2D eigenvalue weighted by molar-refractivity contribution is -0.389. The molecule has 686 valence electrons. The minimum absolute atomic E-state index is 0.0923. The van der Waals surface area contributed by atoms with Crippen molar-refractivity contribution in [3.05, 3.63) is 0 Å². The second-order valence-electron chi connectivity index (χ2n) is 29.4. The second-order valence-corrected chi connectivity index (χ2v) is 37.4. The summed E-state index contributed by atoms with van der Waals surface area (Å²) in [5.41, 5.74) is 0. The lowest BCUT2D eigenvalue weighted by Crippen LogP contribution is -2.68. The standard InChI is InChI=1S/C70H112O42S7/c71-36(72)8-1-15-113-22-29-57-43(85)50(92)64(99-29)107-58-30(23-114-16-2-9-37(73)74)101-66(52(94)45(58)87)109-60-32(25-116-18-4-11-39(77)78)103-68(54(96)47(60)89)111-62-34(27-118-20-6-13-41(81)82)105-70(56(98)49(62)91)112-63-35(28-119-21-7-14-42(83)84)104-69(55(97)48(63)90)110-61-33(26-117-19-5-12-40(79)80)102-67(53(95)46(61)88)108-59-31(24-115-17-3-10-38(75)76)100-65(106-57)51(93)44(59)86/h29-35,43-70,85-98H,1-28H2,(H,71,72)(H,73,74)(H,75,76)(H,77,78)(H,79,80)(H,81,82)(H,83,84)/t29?,30?,31?,32?,33?,34?,35?,43?,44?,45?,46?,47?,48?,49?,50?,51?,52?,53?,54?,55?,56?,57-,58-,59-,60-,61-,62-,63-,64-,65-,66-,67-,68-,69-,70+/m1/s1. The van der Waals surface area contributed by atoms with Crippen molar-refractivity contribution >= 4 is 124 Å². The molecule has 21 unspecified atom stereocenters. The van der Waals surface area contributed by atoms with Crippen molar-refractivity contribution in [2.45, 2.75) is 305 Å². The van der Waals surface area contributed by atoms with E-state index in [4.69, 9.17) is 66.3 Å². The fourth-order valence-electron chi connectivity index (χ4n) is 14.0. The largest absolute Gasteiger partial charge is 0.481 e. The van der Waals surface area contributed by atoms with E-state index in [1.165, 1.54) is 0 Å². The van der Waals surface area contributed by atoms with Crippen LogP contribution in [0.2, 0.25) is 0 Å². The van der Waals surface area contributed by atoms with Gasteiger partial charge in [-0.25, -0.2) is 0 Å². The maximum absolute atomic E-state index is 12.3. The van der Waals surface area contributed by atoms with Gasteiger partial charge < -0.3 is 174 Å². The second kappa shape index (κ2) is 51.0. The third-order valence-electron chi connectivity index (χ3n) is 20.3. The minimum atomic E-state index is -2.23. The van der Waals surface area contributed by atoms with Crippen LogP contribution in [0.5, 0.6) is 0 Å². The van der Waals surface area contributed by atoms with Crippen LogP contribution in [0.1, 0.15) is 89.9 Å². The third-order valence-corrected chi connectivity index (χ3v) is 28.2. The normalized spacial score (nSPS) is 39.8. The van der Waals surface area contributed by atoms with Gasteiger partial charge in [0.15, 0.2) is 44.0 Å². The Balaban J connectivity index is 1.22. The Morgan fingerprint density at radius 1 is 0.176 bits per heavy atom. The molecule has 21 rings (SSSR count). The van der Waals surface area contributed by atoms with E-state index in [1.807, 2.05) is 0 Å². The number of hydrogen-bond donors (Lipinski definition) is 21. The smallest absolute Gasteiger partial charge is 0.303 e. The van der Waals surface area contributed by atoms with Crippen LogP contribution < -0.4 is 0 Å². The Hall–Kier alpha value is -2.38. The number of aliphatic carboxylic acids is 7. The van der Waals surface area contributed by atoms with Crippen molar-refractivity contribution in [3.63, 3.8) is 0 Å². The summed E-state index contributed by atoms with van der Waals surface area (Å²) in [6.07, 6.45) is -69.5. The number of aliphatic hydroxyl groups is 14. The molecule has 42 nitrogen and oxygen atoms in total. The number of aliphatic hydroxyl groups excluding tert-OH is 14. The number of carboxylic acid groups (broad SMARTS) is 7. The summed E-state index contributed by atoms with van der Waals surface area (Å²) in [4.78, 5) is 81.2. The predicted molar refractivity (Wildman–Crippen MR) is 418 cm³/mol. The molecule has 21 fully saturated rings. The van der Waals surface area contributed by atoms with E-state index in [1.54, 1.807) is 0 Å². The molecule has 119 heavy (non-hydrogen) atoms. The maximum atomic E-state index is 12.3. The molecule has 0 aromatic carbocycles. The molecule has 0 amide bonds. The first-order valence-electron chi connectivity index (χ1n) is 38.9. The molecule has 0 saturated carbocycles. The highest BCUT2D eigenvalue weighted by molar-refractivity contribution is 8.00. The Bertz CT molecular complexity index is 2550. The van der Waals surface area contributed by atoms with E-state index in [2.05, 4.69) is 0 Å². The van der Waals surface area contributed by atoms with Gasteiger partial charge >= 0.3 is 41.8 Å². The zero-order valence-electron chi connectivity index (χ0n) is 64.3. The Morgan fingerprint density at radius 2 is 0.286 bits per heavy atom. The van der Waals surface area contributed by atoms with Crippen LogP contribution in [0.4, 0.5) is 0 Å². The van der Waals surface area contributed by atoms with E-state index in [-0.39, 0.29) is 170 Å². The number of carbonyl (C=O) groups is 7. The lowest BCUT2D eigenvalue weighted by atomic mass is 9.95. The summed E-state index contributed by atoms with van der Waals surface area (Å²) in [6, 6.07) is 0. The Morgan fingerprint density at radius 3 is 0.387 bits per heavy atom. The molecule has 21 N–H and O–H groups in total. The van der Waals surface area contributed by atoms with Gasteiger partial charge in [-0.3, -0.25) is 33.6 Å². The Kier molecular flexibility index (Phi) is 43.7. The molecule has 21 aliphatic heterocycles. The summed E-state index contributed by atoms with van der Waals surface area (Å²) < 4.78 is 89.0. The van der Waals surface area contributed by atoms with Crippen molar-refractivity contribution in [2.75, 3.05) is 80.5 Å². The van der Waals surface area contributed by atoms with Crippen LogP contribution in [-0.2, 0) is 99.9 Å². The van der Waals surface area contributed by atoms with Gasteiger partial charge in [0.25, 0.3) is 0 Å². The van der Waals surface area contributed by atoms with Gasteiger partial charge in [-0.15, -0.1) is 0 Å². The average molecular weight is 1850 g/mol. The van der Waals surface area contributed by atoms with Gasteiger partial charge in [-0.1, -0.05) is 0 Å². The minimum Gasteiger partial charge on any atom is -0.481 e. The molecule has 14 bridgehead atoms. The van der Waals surface area contributed by atoms with Crippen molar-refractivity contribution < 1.29 is 207 Å². The van der Waals surface area contributed by atoms with Crippen LogP contribution in [0.25, 0.3) is 0 Å². The highest BCUT2D eigenvalue weighted by Crippen LogP contribution is 2.42. The first-order chi connectivity index (χ1) is 56.6. The highest BCUT2D eigenvalue weighted by atomic mass is 32.2. The molecule has 0 aromatic heterocycles. The molecule has 21 aliphatic rings. The fraction of sp³-hybridized carbons (Fsp3) is 0.900. The van der Waals surface area contributed by atoms with Crippen LogP contribution in [0, 0.1) is 0 Å². The van der Waals surface area contributed by atoms with Gasteiger partial charge in [0.2, 0.25) is 0 Å². The van der Waals surface area contributed by atoms with Gasteiger partial charge in [-0.2, -0.15) is 82.3 Å². The number of thioether (sulfide) groups is 7. The van der Waals surface area contributed by atoms with Crippen LogP contribution >= 0.6 is 82.3 Å². The first kappa shape index (κ1) is 102. The SMILES string of the molecule is O=C(O)CCCSCC1O[C@@H]2O[C@@H]3C(CSCCCC(=O)O)O[C@H](O[C@@H]4C(CSCCCC(=O)O)O[C@H](O[C@@H]5C(CSCCCC(=O)O)O[C@@H](O[C@@H]6C(CSCCCC(=O)O)O[C@H](O[C@@H]7C(CSCCCC(=O)O)O[C@H](O[C@@H]8C(CSCCCC(=O)O)O[C@H](O[C@H]1C(O)C2O)C(O)C8O)C(O)C7O)C(O)C6O)C(O)C5O)C(O)C4O)C(O)C3O. The van der Waals surface area contributed by atoms with Gasteiger partial charge in [0.1, 0.15) is 128 Å². The molecule has 21 heterocycles. The van der Waals surface area contributed by atoms with Gasteiger partial charge in [0, 0.05) is 85.2 Å². The molecule has 21 saturated heterocycles. The van der Waals surface area contributed by atoms with E-state index >= 15 is 0 Å². The van der Waals surface area contributed by atoms with Crippen LogP contribution in [0.3, 0.4) is 0 Å². The summed E-state index contributed by atoms with van der Waals surface area (Å²) in [5, 5.41) is 238. The van der Waals surface area contributed by atoms with Gasteiger partial charge in [-0.05, 0) is 85.2 Å². The zero-order valence-corrected chi connectivity index (χ0v) is 70.0. The molecule has 49 heteroatoms. The molecule has 0 aromatic rings. The highest BCUT2D eigenvalue weighted by Gasteiger charge is 2.60. The summed E-state index contributed by atoms with van der Waals surface area (Å²) in [6.45, 7) is 0. The molecule has 0 radical (unpaired) electrons. The quantitative estimate of drug-likeness (QED) is 0.0259. The predicted octanol–water partition coefficient (Wildman–Crippen LogP) is -3.99. The van der Waals surface area contributed by atoms with Crippen LogP contribution in [0.15, 0.2) is 0 Å². The van der Waals surface area contributed by atoms with Crippen molar-refractivity contribution in [1.29, 1.82) is 0 Å². The maximum Gasteiger partial charge on any atom is 0.303 e. The number of ether oxygens (including phenoxy) is 14. The number of rotatable bonds is 42. The Labute approximate surface area is 712 Å². The van der Waals surface area contributed by atoms with Crippen molar-refractivity contribution in [1.82, 2.24) is 0 Å². The average Bonchev–Trinajstić information content (AvgIpc) is 0.814. The van der Waals surface area contributed by atoms with E-state index < -0.39 is 257 Å². The lowest BCUT2D eigenvalue weighted by Gasteiger charge is -2.50. The molecule has 35 atom stereocenters. The molecular formula is C70H112O42S7. The van der Waals surface area contributed by atoms with Crippen LogP contribution in [-0.4, -0.2) is 445 Å². The fourth-order valence-corrected chi connectivity index (χ4v) is 21.1. The summed E-state index contributed by atoms with van der Waals surface area (Å²) in [7, 11) is 0. The van der Waals surface area contributed by atoms with Gasteiger partial charge in [0.05, 0.1) is 42.7 Å². The van der Waals surface area contributed by atoms with E-state index in [0.29, 0.717) is 0 Å². The number of carboxylic acids is 7. The monoisotopic (exact) mass is 1850 g/mol.